The number of carbonyl (C=O) groups is 2. The van der Waals surface area contributed by atoms with Crippen LogP contribution in [0.15, 0.2) is 54.9 Å². The van der Waals surface area contributed by atoms with Crippen LogP contribution in [0.25, 0.3) is 0 Å². The first-order valence-electron chi connectivity index (χ1n) is 9.13. The fraction of sp³-hybridized carbons (Fsp3) is 0.250. The molecule has 2 aromatic carbocycles. The number of hydrogen-bond acceptors (Lipinski definition) is 5. The van der Waals surface area contributed by atoms with Crippen molar-refractivity contribution in [3.05, 3.63) is 77.4 Å². The van der Waals surface area contributed by atoms with E-state index in [4.69, 9.17) is 0 Å². The van der Waals surface area contributed by atoms with Gasteiger partial charge in [-0.1, -0.05) is 36.4 Å². The standard InChI is InChI=1S/C20H21FN6O2/c1-14-7-8-16(12-17(14)21)19(28)22-9-10-23-20(29)18(27-13-24-25-26-27)11-15-5-3-2-4-6-15/h2-8,12-13,18H,9-11H2,1H3,(H,22,28)(H,23,29). The molecule has 29 heavy (non-hydrogen) atoms. The molecule has 3 rings (SSSR count). The summed E-state index contributed by atoms with van der Waals surface area (Å²) >= 11 is 0. The summed E-state index contributed by atoms with van der Waals surface area (Å²) < 4.78 is 15.0. The molecule has 1 unspecified atom stereocenters. The van der Waals surface area contributed by atoms with Gasteiger partial charge in [-0.15, -0.1) is 5.10 Å². The van der Waals surface area contributed by atoms with E-state index in [1.54, 1.807) is 19.1 Å². The summed E-state index contributed by atoms with van der Waals surface area (Å²) in [6.07, 6.45) is 1.81. The Labute approximate surface area is 167 Å². The Kier molecular flexibility index (Phi) is 6.62. The molecule has 150 valence electrons. The summed E-state index contributed by atoms with van der Waals surface area (Å²) in [6.45, 7) is 2.04. The summed E-state index contributed by atoms with van der Waals surface area (Å²) in [5, 5.41) is 16.5. The lowest BCUT2D eigenvalue weighted by atomic mass is 10.1. The minimum atomic E-state index is -0.616. The van der Waals surface area contributed by atoms with Crippen molar-refractivity contribution in [2.24, 2.45) is 0 Å². The van der Waals surface area contributed by atoms with Gasteiger partial charge < -0.3 is 10.6 Å². The Balaban J connectivity index is 1.53. The van der Waals surface area contributed by atoms with Gasteiger partial charge in [-0.2, -0.15) is 0 Å². The lowest BCUT2D eigenvalue weighted by Crippen LogP contribution is -2.39. The maximum Gasteiger partial charge on any atom is 0.251 e. The maximum atomic E-state index is 13.6. The molecule has 0 aliphatic heterocycles. The fourth-order valence-corrected chi connectivity index (χ4v) is 2.77. The predicted molar refractivity (Wildman–Crippen MR) is 103 cm³/mol. The molecule has 2 amide bonds. The number of amides is 2. The normalized spacial score (nSPS) is 11.7. The summed E-state index contributed by atoms with van der Waals surface area (Å²) in [5.74, 6) is -1.10. The molecule has 0 saturated carbocycles. The molecule has 8 nitrogen and oxygen atoms in total. The molecule has 0 saturated heterocycles. The molecule has 1 atom stereocenters. The van der Waals surface area contributed by atoms with Crippen LogP contribution in [0.3, 0.4) is 0 Å². The fourth-order valence-electron chi connectivity index (χ4n) is 2.77. The van der Waals surface area contributed by atoms with Gasteiger partial charge in [-0.25, -0.2) is 9.07 Å². The Morgan fingerprint density at radius 3 is 2.55 bits per heavy atom. The lowest BCUT2D eigenvalue weighted by Gasteiger charge is -2.16. The van der Waals surface area contributed by atoms with Crippen molar-refractivity contribution in [3.8, 4) is 0 Å². The van der Waals surface area contributed by atoms with E-state index >= 15 is 0 Å². The van der Waals surface area contributed by atoms with Crippen LogP contribution in [0, 0.1) is 12.7 Å². The zero-order valence-electron chi connectivity index (χ0n) is 15.9. The Morgan fingerprint density at radius 1 is 1.10 bits per heavy atom. The molecule has 1 heterocycles. The molecular formula is C20H21FN6O2. The number of aryl methyl sites for hydroxylation is 1. The largest absolute Gasteiger partial charge is 0.352 e. The molecule has 0 bridgehead atoms. The first kappa shape index (κ1) is 20.1. The van der Waals surface area contributed by atoms with E-state index in [9.17, 15) is 14.0 Å². The first-order valence-corrected chi connectivity index (χ1v) is 9.13. The Hall–Kier alpha value is -3.62. The molecule has 9 heteroatoms. The van der Waals surface area contributed by atoms with Crippen LogP contribution >= 0.6 is 0 Å². The second-order valence-electron chi connectivity index (χ2n) is 6.51. The van der Waals surface area contributed by atoms with E-state index in [1.165, 1.54) is 17.1 Å². The monoisotopic (exact) mass is 396 g/mol. The molecule has 0 fully saturated rings. The van der Waals surface area contributed by atoms with Gasteiger partial charge in [-0.05, 0) is 40.6 Å². The van der Waals surface area contributed by atoms with Gasteiger partial charge in [-0.3, -0.25) is 9.59 Å². The summed E-state index contributed by atoms with van der Waals surface area (Å²) in [6, 6.07) is 13.2. The highest BCUT2D eigenvalue weighted by Crippen LogP contribution is 2.13. The van der Waals surface area contributed by atoms with E-state index in [2.05, 4.69) is 26.2 Å². The van der Waals surface area contributed by atoms with E-state index in [1.807, 2.05) is 30.3 Å². The highest BCUT2D eigenvalue weighted by Gasteiger charge is 2.22. The molecule has 3 aromatic rings. The van der Waals surface area contributed by atoms with Gasteiger partial charge in [0.15, 0.2) is 0 Å². The maximum absolute atomic E-state index is 13.6. The number of aromatic nitrogens is 4. The lowest BCUT2D eigenvalue weighted by molar-refractivity contribution is -0.124. The van der Waals surface area contributed by atoms with Crippen molar-refractivity contribution in [1.29, 1.82) is 0 Å². The van der Waals surface area contributed by atoms with Crippen molar-refractivity contribution >= 4 is 11.8 Å². The van der Waals surface area contributed by atoms with Crippen molar-refractivity contribution in [1.82, 2.24) is 30.8 Å². The van der Waals surface area contributed by atoms with Crippen molar-refractivity contribution in [2.45, 2.75) is 19.4 Å². The van der Waals surface area contributed by atoms with Gasteiger partial charge in [0, 0.05) is 25.1 Å². The number of carbonyl (C=O) groups excluding carboxylic acids is 2. The minimum absolute atomic E-state index is 0.202. The third-order valence-electron chi connectivity index (χ3n) is 4.40. The molecule has 0 aliphatic rings. The number of hydrogen-bond donors (Lipinski definition) is 2. The van der Waals surface area contributed by atoms with Crippen molar-refractivity contribution in [3.63, 3.8) is 0 Å². The van der Waals surface area contributed by atoms with E-state index in [0.29, 0.717) is 12.0 Å². The van der Waals surface area contributed by atoms with Crippen LogP contribution in [-0.2, 0) is 11.2 Å². The Morgan fingerprint density at radius 2 is 1.86 bits per heavy atom. The van der Waals surface area contributed by atoms with Crippen LogP contribution in [0.5, 0.6) is 0 Å². The van der Waals surface area contributed by atoms with Gasteiger partial charge in [0.1, 0.15) is 18.2 Å². The quantitative estimate of drug-likeness (QED) is 0.561. The predicted octanol–water partition coefficient (Wildman–Crippen LogP) is 1.45. The molecule has 0 aliphatic carbocycles. The summed E-state index contributed by atoms with van der Waals surface area (Å²) in [7, 11) is 0. The Bertz CT molecular complexity index is 962. The number of tetrazole rings is 1. The smallest absolute Gasteiger partial charge is 0.251 e. The van der Waals surface area contributed by atoms with Crippen LogP contribution < -0.4 is 10.6 Å². The second-order valence-corrected chi connectivity index (χ2v) is 6.51. The van der Waals surface area contributed by atoms with Gasteiger partial charge in [0.2, 0.25) is 5.91 Å². The number of benzene rings is 2. The SMILES string of the molecule is Cc1ccc(C(=O)NCCNC(=O)C(Cc2ccccc2)n2cnnn2)cc1F. The average molecular weight is 396 g/mol. The van der Waals surface area contributed by atoms with Crippen LogP contribution in [-0.4, -0.2) is 45.1 Å². The molecule has 1 aromatic heterocycles. The van der Waals surface area contributed by atoms with E-state index in [0.717, 1.165) is 5.56 Å². The zero-order valence-corrected chi connectivity index (χ0v) is 15.9. The third kappa shape index (κ3) is 5.44. The van der Waals surface area contributed by atoms with Gasteiger partial charge in [0.25, 0.3) is 5.91 Å². The van der Waals surface area contributed by atoms with Gasteiger partial charge in [0.05, 0.1) is 0 Å². The van der Waals surface area contributed by atoms with Crippen molar-refractivity contribution < 1.29 is 14.0 Å². The molecule has 0 spiro atoms. The average Bonchev–Trinajstić information content (AvgIpc) is 3.26. The molecule has 0 radical (unpaired) electrons. The van der Waals surface area contributed by atoms with Crippen LogP contribution in [0.4, 0.5) is 4.39 Å². The third-order valence-corrected chi connectivity index (χ3v) is 4.40. The number of nitrogens with one attached hydrogen (secondary N) is 2. The number of halogens is 1. The van der Waals surface area contributed by atoms with Crippen molar-refractivity contribution in [2.75, 3.05) is 13.1 Å². The second kappa shape index (κ2) is 9.54. The van der Waals surface area contributed by atoms with Crippen LogP contribution in [0.1, 0.15) is 27.5 Å². The summed E-state index contributed by atoms with van der Waals surface area (Å²) in [4.78, 5) is 24.7. The van der Waals surface area contributed by atoms with E-state index < -0.39 is 17.8 Å². The van der Waals surface area contributed by atoms with Crippen LogP contribution in [0.2, 0.25) is 0 Å². The van der Waals surface area contributed by atoms with Gasteiger partial charge >= 0.3 is 0 Å². The zero-order chi connectivity index (χ0) is 20.6. The minimum Gasteiger partial charge on any atom is -0.352 e. The topological polar surface area (TPSA) is 102 Å². The first-order chi connectivity index (χ1) is 14.0. The van der Waals surface area contributed by atoms with E-state index in [-0.39, 0.29) is 24.6 Å². The highest BCUT2D eigenvalue weighted by atomic mass is 19.1. The number of rotatable bonds is 8. The molecular weight excluding hydrogens is 375 g/mol. The highest BCUT2D eigenvalue weighted by molar-refractivity contribution is 5.94. The summed E-state index contributed by atoms with van der Waals surface area (Å²) in [5.41, 5.74) is 1.67. The molecule has 2 N–H and O–H groups in total. The number of nitrogens with zero attached hydrogens (tertiary/aromatic N) is 4.